The van der Waals surface area contributed by atoms with Crippen LogP contribution < -0.4 is 0 Å². The standard InChI is InChI=1S/C27H29F3N4OS/c1-18(35)19-4-6-21(7-5-19)24-31-32-25(33(24)2)36-15-3-13-34-14-12-26(17-34)16-23(26)20-8-10-22(11-9-20)27(28,29)30/h4-11,23H,3,12-17H2,1-2H3. The number of benzene rings is 2. The normalized spacial score (nSPS) is 21.9. The van der Waals surface area contributed by atoms with Crippen molar-refractivity contribution in [1.29, 1.82) is 0 Å². The lowest BCUT2D eigenvalue weighted by molar-refractivity contribution is -0.137. The van der Waals surface area contributed by atoms with E-state index in [-0.39, 0.29) is 11.2 Å². The SMILES string of the molecule is CC(=O)c1ccc(-c2nnc(SCCCN3CCC4(CC4c4ccc(C(F)(F)F)cc4)C3)n2C)cc1. The maximum atomic E-state index is 12.8. The number of carbonyl (C=O) groups is 1. The molecule has 1 aromatic heterocycles. The summed E-state index contributed by atoms with van der Waals surface area (Å²) < 4.78 is 40.5. The molecule has 190 valence electrons. The minimum atomic E-state index is -4.28. The topological polar surface area (TPSA) is 51.0 Å². The third-order valence-electron chi connectivity index (χ3n) is 7.53. The molecule has 2 atom stereocenters. The van der Waals surface area contributed by atoms with Crippen molar-refractivity contribution < 1.29 is 18.0 Å². The molecular formula is C27H29F3N4OS. The fraction of sp³-hybridized carbons (Fsp3) is 0.444. The van der Waals surface area contributed by atoms with Crippen molar-refractivity contribution in [3.63, 3.8) is 0 Å². The number of halogens is 3. The third-order valence-corrected chi connectivity index (χ3v) is 8.64. The number of ketones is 1. The van der Waals surface area contributed by atoms with Gasteiger partial charge in [0.25, 0.3) is 0 Å². The number of nitrogens with zero attached hydrogens (tertiary/aromatic N) is 4. The number of likely N-dealkylation sites (tertiary alicyclic amines) is 1. The zero-order chi connectivity index (χ0) is 25.5. The molecule has 2 fully saturated rings. The molecule has 0 N–H and O–H groups in total. The molecule has 2 aromatic carbocycles. The molecule has 2 unspecified atom stereocenters. The Bertz CT molecular complexity index is 1240. The van der Waals surface area contributed by atoms with Gasteiger partial charge < -0.3 is 9.47 Å². The number of rotatable bonds is 8. The predicted molar refractivity (Wildman–Crippen MR) is 134 cm³/mol. The smallest absolute Gasteiger partial charge is 0.305 e. The number of hydrogen-bond donors (Lipinski definition) is 0. The van der Waals surface area contributed by atoms with E-state index in [9.17, 15) is 18.0 Å². The van der Waals surface area contributed by atoms with Crippen molar-refractivity contribution in [1.82, 2.24) is 19.7 Å². The van der Waals surface area contributed by atoms with Crippen LogP contribution in [0, 0.1) is 5.41 Å². The van der Waals surface area contributed by atoms with Crippen LogP contribution >= 0.6 is 11.8 Å². The maximum Gasteiger partial charge on any atom is 0.416 e. The zero-order valence-corrected chi connectivity index (χ0v) is 21.2. The summed E-state index contributed by atoms with van der Waals surface area (Å²) in [6.45, 7) is 4.63. The molecule has 3 aromatic rings. The number of aromatic nitrogens is 3. The van der Waals surface area contributed by atoms with Gasteiger partial charge in [0.2, 0.25) is 0 Å². The van der Waals surface area contributed by atoms with Crippen LogP contribution in [0.4, 0.5) is 13.2 Å². The lowest BCUT2D eigenvalue weighted by Crippen LogP contribution is -2.23. The van der Waals surface area contributed by atoms with Gasteiger partial charge in [0, 0.05) is 30.5 Å². The molecule has 5 nitrogen and oxygen atoms in total. The molecule has 1 saturated carbocycles. The van der Waals surface area contributed by atoms with Crippen molar-refractivity contribution in [3.8, 4) is 11.4 Å². The molecule has 9 heteroatoms. The summed E-state index contributed by atoms with van der Waals surface area (Å²) in [6.07, 6.45) is -1.07. The first-order chi connectivity index (χ1) is 17.2. The highest BCUT2D eigenvalue weighted by Gasteiger charge is 2.57. The van der Waals surface area contributed by atoms with Gasteiger partial charge in [0.1, 0.15) is 0 Å². The molecule has 0 radical (unpaired) electrons. The van der Waals surface area contributed by atoms with Crippen LogP contribution in [0.25, 0.3) is 11.4 Å². The summed E-state index contributed by atoms with van der Waals surface area (Å²) in [7, 11) is 1.95. The van der Waals surface area contributed by atoms with Gasteiger partial charge in [-0.2, -0.15) is 13.2 Å². The second-order valence-corrected chi connectivity index (χ2v) is 11.0. The van der Waals surface area contributed by atoms with E-state index in [1.807, 2.05) is 35.9 Å². The minimum absolute atomic E-state index is 0.0384. The highest BCUT2D eigenvalue weighted by Crippen LogP contribution is 2.64. The van der Waals surface area contributed by atoms with E-state index >= 15 is 0 Å². The van der Waals surface area contributed by atoms with Gasteiger partial charge in [-0.05, 0) is 68.3 Å². The highest BCUT2D eigenvalue weighted by atomic mass is 32.2. The molecular weight excluding hydrogens is 485 g/mol. The van der Waals surface area contributed by atoms with E-state index in [2.05, 4.69) is 15.1 Å². The fourth-order valence-corrected chi connectivity index (χ4v) is 6.18. The number of Topliss-reactive ketones (excluding diaryl/α,β-unsaturated/α-hetero) is 1. The van der Waals surface area contributed by atoms with E-state index < -0.39 is 11.7 Å². The first-order valence-electron chi connectivity index (χ1n) is 12.2. The molecule has 2 heterocycles. The van der Waals surface area contributed by atoms with Crippen LogP contribution in [-0.4, -0.2) is 50.8 Å². The number of hydrogen-bond acceptors (Lipinski definition) is 5. The van der Waals surface area contributed by atoms with Crippen molar-refractivity contribution in [2.45, 2.75) is 43.4 Å². The Morgan fingerprint density at radius 3 is 2.50 bits per heavy atom. The molecule has 0 amide bonds. The Hall–Kier alpha value is -2.65. The molecule has 36 heavy (non-hydrogen) atoms. The molecule has 2 aliphatic rings. The van der Waals surface area contributed by atoms with Gasteiger partial charge in [-0.3, -0.25) is 4.79 Å². The van der Waals surface area contributed by atoms with E-state index in [1.165, 1.54) is 12.1 Å². The Morgan fingerprint density at radius 2 is 1.83 bits per heavy atom. The average molecular weight is 515 g/mol. The summed E-state index contributed by atoms with van der Waals surface area (Å²) in [5.74, 6) is 2.12. The highest BCUT2D eigenvalue weighted by molar-refractivity contribution is 7.99. The Balaban J connectivity index is 1.09. The largest absolute Gasteiger partial charge is 0.416 e. The molecule has 1 saturated heterocycles. The van der Waals surface area contributed by atoms with Crippen molar-refractivity contribution in [3.05, 3.63) is 65.2 Å². The van der Waals surface area contributed by atoms with E-state index in [1.54, 1.807) is 30.8 Å². The maximum absolute atomic E-state index is 12.8. The Kier molecular flexibility index (Phi) is 6.72. The number of alkyl halides is 3. The summed E-state index contributed by atoms with van der Waals surface area (Å²) >= 11 is 1.69. The second-order valence-electron chi connectivity index (χ2n) is 9.97. The van der Waals surface area contributed by atoms with E-state index in [0.717, 1.165) is 66.8 Å². The Labute approximate surface area is 213 Å². The van der Waals surface area contributed by atoms with Crippen LogP contribution in [0.1, 0.15) is 53.6 Å². The van der Waals surface area contributed by atoms with Crippen LogP contribution in [0.2, 0.25) is 0 Å². The molecule has 5 rings (SSSR count). The molecule has 1 aliphatic carbocycles. The van der Waals surface area contributed by atoms with E-state index in [0.29, 0.717) is 11.5 Å². The first kappa shape index (κ1) is 25.0. The molecule has 1 spiro atoms. The second kappa shape index (κ2) is 9.67. The lowest BCUT2D eigenvalue weighted by Gasteiger charge is -2.16. The molecule has 1 aliphatic heterocycles. The van der Waals surface area contributed by atoms with Gasteiger partial charge in [0.05, 0.1) is 5.56 Å². The average Bonchev–Trinajstić information content (AvgIpc) is 3.20. The Morgan fingerprint density at radius 1 is 1.11 bits per heavy atom. The summed E-state index contributed by atoms with van der Waals surface area (Å²) in [5, 5.41) is 9.54. The monoisotopic (exact) mass is 514 g/mol. The predicted octanol–water partition coefficient (Wildman–Crippen LogP) is 6.07. The zero-order valence-electron chi connectivity index (χ0n) is 20.4. The van der Waals surface area contributed by atoms with Crippen molar-refractivity contribution >= 4 is 17.5 Å². The third kappa shape index (κ3) is 5.09. The quantitative estimate of drug-likeness (QED) is 0.208. The van der Waals surface area contributed by atoms with Crippen LogP contribution in [0.3, 0.4) is 0 Å². The summed E-state index contributed by atoms with van der Waals surface area (Å²) in [4.78, 5) is 14.0. The summed E-state index contributed by atoms with van der Waals surface area (Å²) in [5.41, 5.74) is 2.30. The van der Waals surface area contributed by atoms with Crippen LogP contribution in [0.15, 0.2) is 53.7 Å². The first-order valence-corrected chi connectivity index (χ1v) is 13.2. The summed E-state index contributed by atoms with van der Waals surface area (Å²) in [6, 6.07) is 13.2. The lowest BCUT2D eigenvalue weighted by atomic mass is 9.97. The fourth-order valence-electron chi connectivity index (χ4n) is 5.35. The van der Waals surface area contributed by atoms with Crippen LogP contribution in [0.5, 0.6) is 0 Å². The number of carbonyl (C=O) groups excluding carboxylic acids is 1. The minimum Gasteiger partial charge on any atom is -0.305 e. The van der Waals surface area contributed by atoms with Crippen molar-refractivity contribution in [2.24, 2.45) is 12.5 Å². The van der Waals surface area contributed by atoms with Gasteiger partial charge >= 0.3 is 6.18 Å². The van der Waals surface area contributed by atoms with Gasteiger partial charge in [-0.15, -0.1) is 10.2 Å². The van der Waals surface area contributed by atoms with Gasteiger partial charge in [0.15, 0.2) is 16.8 Å². The van der Waals surface area contributed by atoms with Gasteiger partial charge in [-0.25, -0.2) is 0 Å². The molecule has 0 bridgehead atoms. The van der Waals surface area contributed by atoms with E-state index in [4.69, 9.17) is 0 Å². The van der Waals surface area contributed by atoms with Crippen molar-refractivity contribution in [2.75, 3.05) is 25.4 Å². The van der Waals surface area contributed by atoms with Crippen LogP contribution in [-0.2, 0) is 13.2 Å². The number of thioether (sulfide) groups is 1. The van der Waals surface area contributed by atoms with Gasteiger partial charge in [-0.1, -0.05) is 48.2 Å².